The summed E-state index contributed by atoms with van der Waals surface area (Å²) in [6.45, 7) is 1.30. The number of hydrogen-bond donors (Lipinski definition) is 1. The molecule has 2 aromatic carbocycles. The Hall–Kier alpha value is -4.15. The average Bonchev–Trinajstić information content (AvgIpc) is 2.89. The van der Waals surface area contributed by atoms with Crippen molar-refractivity contribution in [1.29, 1.82) is 0 Å². The maximum absolute atomic E-state index is 13.7. The number of morpholine rings is 1. The van der Waals surface area contributed by atoms with Crippen molar-refractivity contribution in [2.45, 2.75) is 25.3 Å². The largest absolute Gasteiger partial charge is 0.461 e. The molecule has 214 valence electrons. The Morgan fingerprint density at radius 1 is 1.00 bits per heavy atom. The Kier molecular flexibility index (Phi) is 8.61. The van der Waals surface area contributed by atoms with E-state index >= 15 is 0 Å². The van der Waals surface area contributed by atoms with Crippen molar-refractivity contribution < 1.29 is 44.6 Å². The lowest BCUT2D eigenvalue weighted by atomic mass is 10.2. The van der Waals surface area contributed by atoms with Crippen molar-refractivity contribution in [3.63, 3.8) is 0 Å². The molecule has 1 fully saturated rings. The van der Waals surface area contributed by atoms with Crippen molar-refractivity contribution in [1.82, 2.24) is 15.0 Å². The summed E-state index contributed by atoms with van der Waals surface area (Å²) in [7, 11) is 0. The fourth-order valence-electron chi connectivity index (χ4n) is 3.40. The molecule has 0 spiro atoms. The maximum atomic E-state index is 13.7. The highest BCUT2D eigenvalue weighted by Crippen LogP contribution is 2.34. The molecule has 0 unspecified atom stereocenters. The highest BCUT2D eigenvalue weighted by molar-refractivity contribution is 5.57. The van der Waals surface area contributed by atoms with Crippen LogP contribution in [0, 0.1) is 5.82 Å². The van der Waals surface area contributed by atoms with Gasteiger partial charge in [0.15, 0.2) is 0 Å². The van der Waals surface area contributed by atoms with E-state index in [-0.39, 0.29) is 35.6 Å². The molecule has 1 aliphatic heterocycles. The number of rotatable bonds is 9. The zero-order valence-electron chi connectivity index (χ0n) is 20.2. The van der Waals surface area contributed by atoms with Gasteiger partial charge in [0.25, 0.3) is 5.95 Å². The van der Waals surface area contributed by atoms with E-state index in [9.17, 15) is 35.1 Å². The average molecular weight is 577 g/mol. The van der Waals surface area contributed by atoms with Gasteiger partial charge in [-0.3, -0.25) is 0 Å². The van der Waals surface area contributed by atoms with E-state index in [0.29, 0.717) is 38.4 Å². The Balaban J connectivity index is 1.56. The van der Waals surface area contributed by atoms with Crippen LogP contribution in [0.1, 0.15) is 11.1 Å². The molecule has 0 amide bonds. The van der Waals surface area contributed by atoms with Crippen molar-refractivity contribution in [3.05, 3.63) is 59.4 Å². The predicted octanol–water partition coefficient (Wildman–Crippen LogP) is 6.13. The lowest BCUT2D eigenvalue weighted by Crippen LogP contribution is -2.37. The molecule has 9 nitrogen and oxygen atoms in total. The van der Waals surface area contributed by atoms with Gasteiger partial charge in [-0.25, -0.2) is 4.39 Å². The fourth-order valence-corrected chi connectivity index (χ4v) is 3.40. The summed E-state index contributed by atoms with van der Waals surface area (Å²) in [4.78, 5) is 14.1. The van der Waals surface area contributed by atoms with Gasteiger partial charge < -0.3 is 19.7 Å². The molecule has 0 atom stereocenters. The molecule has 0 aliphatic carbocycles. The van der Waals surface area contributed by atoms with Crippen LogP contribution in [0.25, 0.3) is 0 Å². The van der Waals surface area contributed by atoms with E-state index in [1.807, 2.05) is 0 Å². The van der Waals surface area contributed by atoms with E-state index in [2.05, 4.69) is 35.2 Å². The summed E-state index contributed by atoms with van der Waals surface area (Å²) in [5.74, 6) is -2.33. The van der Waals surface area contributed by atoms with E-state index < -0.39 is 35.8 Å². The topological polar surface area (TPSA) is 97.1 Å². The van der Waals surface area contributed by atoms with Crippen molar-refractivity contribution in [3.8, 4) is 5.75 Å². The second-order valence-electron chi connectivity index (χ2n) is 8.19. The molecular formula is C23H19F8N7O2. The normalized spacial score (nSPS) is 14.7. The monoisotopic (exact) mass is 577 g/mol. The van der Waals surface area contributed by atoms with Crippen LogP contribution in [0.5, 0.6) is 5.75 Å². The summed E-state index contributed by atoms with van der Waals surface area (Å²) < 4.78 is 114. The number of nitrogens with one attached hydrogen (secondary N) is 1. The number of azo groups is 1. The number of aromatic nitrogens is 3. The third kappa shape index (κ3) is 7.49. The van der Waals surface area contributed by atoms with Gasteiger partial charge >= 0.3 is 18.7 Å². The lowest BCUT2D eigenvalue weighted by Gasteiger charge is -2.26. The number of halogens is 8. The number of hydrogen-bond acceptors (Lipinski definition) is 9. The number of anilines is 3. The van der Waals surface area contributed by atoms with Gasteiger partial charge in [-0.05, 0) is 35.9 Å². The fraction of sp³-hybridized carbons (Fsp3) is 0.348. The quantitative estimate of drug-likeness (QED) is 0.241. The second-order valence-corrected chi connectivity index (χ2v) is 8.19. The maximum Gasteiger partial charge on any atom is 0.461 e. The molecule has 0 radical (unpaired) electrons. The van der Waals surface area contributed by atoms with Crippen LogP contribution in [-0.2, 0) is 17.5 Å². The first kappa shape index (κ1) is 28.8. The number of nitrogens with zero attached hydrogens (tertiary/aromatic N) is 6. The number of ether oxygens (including phenoxy) is 2. The smallest absolute Gasteiger partial charge is 0.428 e. The van der Waals surface area contributed by atoms with Crippen LogP contribution in [0.4, 0.5) is 58.7 Å². The third-order valence-electron chi connectivity index (χ3n) is 5.25. The summed E-state index contributed by atoms with van der Waals surface area (Å²) in [6, 6.07) is 7.15. The Bertz CT molecular complexity index is 1350. The van der Waals surface area contributed by atoms with E-state index in [4.69, 9.17) is 4.74 Å². The van der Waals surface area contributed by atoms with E-state index in [1.165, 1.54) is 12.1 Å². The van der Waals surface area contributed by atoms with Crippen molar-refractivity contribution in [2.75, 3.05) is 36.5 Å². The minimum absolute atomic E-state index is 0.109. The first-order chi connectivity index (χ1) is 18.9. The molecule has 2 heterocycles. The zero-order valence-corrected chi connectivity index (χ0v) is 20.2. The molecule has 1 aromatic heterocycles. The van der Waals surface area contributed by atoms with Crippen LogP contribution < -0.4 is 15.0 Å². The van der Waals surface area contributed by atoms with Gasteiger partial charge in [0, 0.05) is 18.8 Å². The van der Waals surface area contributed by atoms with Crippen LogP contribution in [0.3, 0.4) is 0 Å². The highest BCUT2D eigenvalue weighted by Gasteiger charge is 2.44. The van der Waals surface area contributed by atoms with E-state index in [0.717, 1.165) is 18.2 Å². The second kappa shape index (κ2) is 11.9. The summed E-state index contributed by atoms with van der Waals surface area (Å²) in [5.41, 5.74) is -1.37. The van der Waals surface area contributed by atoms with E-state index in [1.54, 1.807) is 4.90 Å². The van der Waals surface area contributed by atoms with Gasteiger partial charge in [-0.15, -0.1) is 5.11 Å². The number of alkyl halides is 7. The molecule has 0 bridgehead atoms. The van der Waals surface area contributed by atoms with Crippen LogP contribution in [-0.4, -0.2) is 53.8 Å². The summed E-state index contributed by atoms with van der Waals surface area (Å²) >= 11 is 0. The molecule has 17 heteroatoms. The lowest BCUT2D eigenvalue weighted by molar-refractivity contribution is -0.253. The first-order valence-electron chi connectivity index (χ1n) is 11.4. The Morgan fingerprint density at radius 2 is 1.75 bits per heavy atom. The Labute approximate surface area is 220 Å². The van der Waals surface area contributed by atoms with Gasteiger partial charge in [-0.1, -0.05) is 12.1 Å². The molecular weight excluding hydrogens is 558 g/mol. The molecule has 1 N–H and O–H groups in total. The predicted molar refractivity (Wildman–Crippen MR) is 124 cm³/mol. The van der Waals surface area contributed by atoms with Crippen LogP contribution >= 0.6 is 0 Å². The molecule has 0 saturated carbocycles. The van der Waals surface area contributed by atoms with Gasteiger partial charge in [0.05, 0.1) is 25.3 Å². The van der Waals surface area contributed by atoms with Gasteiger partial charge in [0.2, 0.25) is 11.9 Å². The minimum Gasteiger partial charge on any atom is -0.428 e. The zero-order chi connectivity index (χ0) is 28.9. The van der Waals surface area contributed by atoms with Gasteiger partial charge in [-0.2, -0.15) is 50.8 Å². The van der Waals surface area contributed by atoms with Crippen molar-refractivity contribution >= 4 is 23.5 Å². The Morgan fingerprint density at radius 3 is 2.45 bits per heavy atom. The molecule has 1 saturated heterocycles. The summed E-state index contributed by atoms with van der Waals surface area (Å²) in [6.07, 6.45) is -13.6. The molecule has 1 aliphatic rings. The number of benzene rings is 2. The standard InChI is InChI=1S/C23H19F8N7O2/c24-17-5-4-14(11-16(17)22(27,28)29)33-19-34-20(36-21(35-19)38-6-8-39-9-7-38)37-32-12-13-2-1-3-15(10-13)40-23(30,31)18(25)26/h1-5,10-11,18H,6-9,12H2,(H,33,34,35,36). The molecule has 3 aromatic rings. The van der Waals surface area contributed by atoms with Crippen LogP contribution in [0.15, 0.2) is 52.7 Å². The SMILES string of the molecule is Fc1ccc(Nc2nc(N=NCc3cccc(OC(F)(F)C(F)F)c3)nc(N3CCOCC3)n2)cc1C(F)(F)F. The third-order valence-corrected chi connectivity index (χ3v) is 5.25. The molecule has 40 heavy (non-hydrogen) atoms. The van der Waals surface area contributed by atoms with Crippen LogP contribution in [0.2, 0.25) is 0 Å². The molecule has 4 rings (SSSR count). The van der Waals surface area contributed by atoms with Gasteiger partial charge in [0.1, 0.15) is 11.6 Å². The van der Waals surface area contributed by atoms with Crippen molar-refractivity contribution in [2.24, 2.45) is 10.2 Å². The summed E-state index contributed by atoms with van der Waals surface area (Å²) in [5, 5.41) is 10.3. The minimum atomic E-state index is -4.93. The highest BCUT2D eigenvalue weighted by atomic mass is 19.4. The first-order valence-corrected chi connectivity index (χ1v) is 11.4.